The number of urea groups is 1. The van der Waals surface area contributed by atoms with Crippen molar-refractivity contribution in [3.05, 3.63) is 59.7 Å². The molecule has 200 valence electrons. The van der Waals surface area contributed by atoms with E-state index >= 15 is 0 Å². The van der Waals surface area contributed by atoms with Crippen LogP contribution in [0.1, 0.15) is 37.8 Å². The number of hydrogen-bond acceptors (Lipinski definition) is 9. The topological polar surface area (TPSA) is 145 Å². The first-order valence-electron chi connectivity index (χ1n) is 12.5. The van der Waals surface area contributed by atoms with E-state index in [2.05, 4.69) is 40.7 Å². The molecule has 0 spiro atoms. The summed E-state index contributed by atoms with van der Waals surface area (Å²) in [6, 6.07) is 8.40. The van der Waals surface area contributed by atoms with Gasteiger partial charge in [0.1, 0.15) is 18.1 Å². The Balaban J connectivity index is 1.16. The maximum atomic E-state index is 12.2. The minimum Gasteiger partial charge on any atom is -0.508 e. The number of piperazine rings is 1. The molecule has 0 aliphatic carbocycles. The molecule has 0 unspecified atom stereocenters. The highest BCUT2D eigenvalue weighted by atomic mass is 16.7. The van der Waals surface area contributed by atoms with Crippen molar-refractivity contribution in [1.29, 1.82) is 0 Å². The van der Waals surface area contributed by atoms with Gasteiger partial charge in [-0.25, -0.2) is 20.2 Å². The molecular formula is C26H32N8O4. The lowest BCUT2D eigenvalue weighted by Gasteiger charge is -2.34. The molecule has 38 heavy (non-hydrogen) atoms. The van der Waals surface area contributed by atoms with Crippen LogP contribution in [0.15, 0.2) is 47.2 Å². The van der Waals surface area contributed by atoms with Gasteiger partial charge < -0.3 is 19.5 Å². The number of fused-ring (bicyclic) bond motifs is 1. The summed E-state index contributed by atoms with van der Waals surface area (Å²) in [6.07, 6.45) is 3.50. The van der Waals surface area contributed by atoms with Crippen LogP contribution < -0.4 is 15.7 Å². The molecule has 1 aliphatic rings. The van der Waals surface area contributed by atoms with Crippen molar-refractivity contribution in [1.82, 2.24) is 30.5 Å². The largest absolute Gasteiger partial charge is 0.508 e. The van der Waals surface area contributed by atoms with Gasteiger partial charge in [-0.05, 0) is 24.3 Å². The first-order valence-corrected chi connectivity index (χ1v) is 12.5. The monoisotopic (exact) mass is 520 g/mol. The number of hydrogen-bond donors (Lipinski definition) is 4. The standard InChI is InChI=1S/C26H32N8O4/c1-26(2,3)22-14-23(31-38-22)30-25(36)32-37-16-17-13-18-19(21(35)6-5-20(18)29-17)15-33-9-11-34(12-10-33)24-27-7-4-8-28-24/h4-8,13-14,29,35H,9-12,15-16H2,1-3H3,(H2,30,31,32,36). The van der Waals surface area contributed by atoms with Crippen molar-refractivity contribution >= 4 is 28.7 Å². The molecule has 12 heteroatoms. The van der Waals surface area contributed by atoms with Crippen LogP contribution in [0.3, 0.4) is 0 Å². The highest BCUT2D eigenvalue weighted by molar-refractivity contribution is 5.87. The molecule has 5 rings (SSSR count). The number of carbonyl (C=O) groups excluding carboxylic acids is 1. The minimum atomic E-state index is -0.562. The number of nitrogens with zero attached hydrogens (tertiary/aromatic N) is 5. The Morgan fingerprint density at radius 2 is 1.92 bits per heavy atom. The Morgan fingerprint density at radius 3 is 2.63 bits per heavy atom. The number of anilines is 2. The maximum Gasteiger partial charge on any atom is 0.344 e. The van der Waals surface area contributed by atoms with E-state index in [-0.39, 0.29) is 17.8 Å². The van der Waals surface area contributed by atoms with E-state index in [4.69, 9.17) is 9.36 Å². The van der Waals surface area contributed by atoms with Crippen molar-refractivity contribution < 1.29 is 19.3 Å². The van der Waals surface area contributed by atoms with Gasteiger partial charge in [0.15, 0.2) is 5.82 Å². The second-order valence-electron chi connectivity index (χ2n) is 10.3. The average Bonchev–Trinajstić information content (AvgIpc) is 3.54. The first kappa shape index (κ1) is 25.5. The van der Waals surface area contributed by atoms with Gasteiger partial charge in [0.2, 0.25) is 5.95 Å². The zero-order valence-corrected chi connectivity index (χ0v) is 21.7. The van der Waals surface area contributed by atoms with Gasteiger partial charge in [-0.15, -0.1) is 0 Å². The van der Waals surface area contributed by atoms with Crippen molar-refractivity contribution in [2.24, 2.45) is 0 Å². The molecule has 0 atom stereocenters. The molecule has 0 saturated carbocycles. The van der Waals surface area contributed by atoms with E-state index in [1.54, 1.807) is 24.5 Å². The van der Waals surface area contributed by atoms with Crippen LogP contribution >= 0.6 is 0 Å². The smallest absolute Gasteiger partial charge is 0.344 e. The summed E-state index contributed by atoms with van der Waals surface area (Å²) in [5, 5.41) is 18.0. The number of phenolic OH excluding ortho intramolecular Hbond substituents is 1. The highest BCUT2D eigenvalue weighted by Gasteiger charge is 2.22. The van der Waals surface area contributed by atoms with Crippen molar-refractivity contribution in [3.63, 3.8) is 0 Å². The Labute approximate surface area is 219 Å². The van der Waals surface area contributed by atoms with Gasteiger partial charge in [-0.3, -0.25) is 15.1 Å². The Morgan fingerprint density at radius 1 is 1.16 bits per heavy atom. The molecule has 2 amide bonds. The van der Waals surface area contributed by atoms with E-state index in [1.165, 1.54) is 0 Å². The van der Waals surface area contributed by atoms with Crippen molar-refractivity contribution in [2.45, 2.75) is 39.3 Å². The number of hydroxylamine groups is 1. The van der Waals surface area contributed by atoms with Crippen LogP contribution in [0.2, 0.25) is 0 Å². The Kier molecular flexibility index (Phi) is 7.16. The predicted octanol–water partition coefficient (Wildman–Crippen LogP) is 3.52. The fourth-order valence-electron chi connectivity index (χ4n) is 4.35. The molecule has 1 aromatic carbocycles. The zero-order chi connectivity index (χ0) is 26.7. The van der Waals surface area contributed by atoms with Crippen LogP contribution in [-0.2, 0) is 23.4 Å². The normalized spacial score (nSPS) is 14.7. The summed E-state index contributed by atoms with van der Waals surface area (Å²) >= 11 is 0. The molecule has 4 aromatic rings. The first-order chi connectivity index (χ1) is 18.3. The SMILES string of the molecule is CC(C)(C)c1cc(NC(=O)NOCc2cc3c(CN4CCN(c5ncccn5)CC4)c(O)ccc3[nH]2)no1. The number of aromatic amines is 1. The van der Waals surface area contributed by atoms with E-state index in [0.717, 1.165) is 54.3 Å². The van der Waals surface area contributed by atoms with Crippen molar-refractivity contribution in [2.75, 3.05) is 36.4 Å². The highest BCUT2D eigenvalue weighted by Crippen LogP contribution is 2.30. The number of aromatic hydroxyl groups is 1. The summed E-state index contributed by atoms with van der Waals surface area (Å²) in [5.41, 5.74) is 4.63. The molecule has 0 radical (unpaired) electrons. The Bertz CT molecular complexity index is 1390. The summed E-state index contributed by atoms with van der Waals surface area (Å²) in [5.74, 6) is 1.96. The van der Waals surface area contributed by atoms with Gasteiger partial charge in [-0.1, -0.05) is 25.9 Å². The van der Waals surface area contributed by atoms with Crippen LogP contribution in [0.4, 0.5) is 16.6 Å². The van der Waals surface area contributed by atoms with Gasteiger partial charge >= 0.3 is 6.03 Å². The number of carbonyl (C=O) groups is 1. The zero-order valence-electron chi connectivity index (χ0n) is 21.7. The van der Waals surface area contributed by atoms with E-state index in [1.807, 2.05) is 39.0 Å². The number of rotatable bonds is 7. The lowest BCUT2D eigenvalue weighted by Crippen LogP contribution is -2.46. The summed E-state index contributed by atoms with van der Waals surface area (Å²) in [7, 11) is 0. The maximum absolute atomic E-state index is 12.2. The van der Waals surface area contributed by atoms with E-state index in [0.29, 0.717) is 18.1 Å². The van der Waals surface area contributed by atoms with Crippen LogP contribution in [-0.4, -0.2) is 62.3 Å². The van der Waals surface area contributed by atoms with E-state index in [9.17, 15) is 9.90 Å². The molecule has 1 aliphatic heterocycles. The lowest BCUT2D eigenvalue weighted by atomic mass is 9.93. The molecule has 1 saturated heterocycles. The van der Waals surface area contributed by atoms with Crippen molar-refractivity contribution in [3.8, 4) is 5.75 Å². The molecular weight excluding hydrogens is 488 g/mol. The summed E-state index contributed by atoms with van der Waals surface area (Å²) < 4.78 is 5.27. The van der Waals surface area contributed by atoms with Gasteiger partial charge in [0.05, 0.1) is 0 Å². The fraction of sp³-hybridized carbons (Fsp3) is 0.385. The Hall–Kier alpha value is -4.16. The molecule has 0 bridgehead atoms. The van der Waals surface area contributed by atoms with Gasteiger partial charge in [-0.2, -0.15) is 0 Å². The second-order valence-corrected chi connectivity index (χ2v) is 10.3. The third-order valence-corrected chi connectivity index (χ3v) is 6.42. The number of nitrogens with one attached hydrogen (secondary N) is 3. The molecule has 12 nitrogen and oxygen atoms in total. The fourth-order valence-corrected chi connectivity index (χ4v) is 4.35. The lowest BCUT2D eigenvalue weighted by molar-refractivity contribution is 0.0519. The molecule has 3 aromatic heterocycles. The third kappa shape index (κ3) is 5.87. The number of amides is 2. The molecule has 4 N–H and O–H groups in total. The second kappa shape index (κ2) is 10.7. The predicted molar refractivity (Wildman–Crippen MR) is 142 cm³/mol. The average molecular weight is 521 g/mol. The number of benzene rings is 1. The third-order valence-electron chi connectivity index (χ3n) is 6.42. The van der Waals surface area contributed by atoms with Crippen LogP contribution in [0.5, 0.6) is 5.75 Å². The van der Waals surface area contributed by atoms with Gasteiger partial charge in [0, 0.05) is 78.8 Å². The van der Waals surface area contributed by atoms with Gasteiger partial charge in [0.25, 0.3) is 0 Å². The summed E-state index contributed by atoms with van der Waals surface area (Å²) in [4.78, 5) is 34.0. The minimum absolute atomic E-state index is 0.115. The van der Waals surface area contributed by atoms with Crippen LogP contribution in [0, 0.1) is 0 Å². The molecule has 1 fully saturated rings. The van der Waals surface area contributed by atoms with E-state index < -0.39 is 6.03 Å². The summed E-state index contributed by atoms with van der Waals surface area (Å²) in [6.45, 7) is 9.99. The quantitative estimate of drug-likeness (QED) is 0.269. The van der Waals surface area contributed by atoms with Crippen LogP contribution in [0.25, 0.3) is 10.9 Å². The number of H-pyrrole nitrogens is 1. The number of aromatic nitrogens is 4. The number of phenols is 1. The molecule has 4 heterocycles.